The zero-order valence-electron chi connectivity index (χ0n) is 20.3. The summed E-state index contributed by atoms with van der Waals surface area (Å²) in [5, 5.41) is 23.5. The van der Waals surface area contributed by atoms with Crippen molar-refractivity contribution in [1.29, 1.82) is 0 Å². The third-order valence-corrected chi connectivity index (χ3v) is 8.46. The zero-order chi connectivity index (χ0) is 23.6. The molecule has 0 amide bonds. The highest BCUT2D eigenvalue weighted by atomic mass is 32.1. The molecule has 35 heavy (non-hydrogen) atoms. The first kappa shape index (κ1) is 22.7. The van der Waals surface area contributed by atoms with E-state index < -0.39 is 0 Å². The van der Waals surface area contributed by atoms with Crippen LogP contribution in [0.25, 0.3) is 10.7 Å². The van der Waals surface area contributed by atoms with Gasteiger partial charge in [-0.3, -0.25) is 4.98 Å². The molecule has 6 rings (SSSR count). The van der Waals surface area contributed by atoms with E-state index in [0.717, 1.165) is 65.1 Å². The van der Waals surface area contributed by atoms with Gasteiger partial charge >= 0.3 is 0 Å². The Balaban J connectivity index is 1.11. The van der Waals surface area contributed by atoms with E-state index in [-0.39, 0.29) is 5.92 Å². The third-order valence-electron chi connectivity index (χ3n) is 7.33. The number of nitrogens with one attached hydrogen (secondary N) is 1. The molecule has 0 radical (unpaired) electrons. The van der Waals surface area contributed by atoms with Gasteiger partial charge in [0.05, 0.1) is 24.0 Å². The molecule has 3 aromatic rings. The first-order chi connectivity index (χ1) is 17.2. The number of nitrogens with zero attached hydrogens (tertiary/aromatic N) is 8. The SMILES string of the molecule is CC(c1ccc(N2CCC[C@@H](NCC3CC3)C2)nn1)c1nnc(-c2cncc(N3CCCC3)n2)s1. The number of rotatable bonds is 8. The number of anilines is 2. The highest BCUT2D eigenvalue weighted by Gasteiger charge is 2.26. The normalized spacial score (nSPS) is 21.5. The Kier molecular flexibility index (Phi) is 6.56. The van der Waals surface area contributed by atoms with Gasteiger partial charge in [0.15, 0.2) is 10.8 Å². The fourth-order valence-electron chi connectivity index (χ4n) is 4.94. The van der Waals surface area contributed by atoms with Crippen LogP contribution in [-0.4, -0.2) is 69.1 Å². The second-order valence-corrected chi connectivity index (χ2v) is 11.1. The largest absolute Gasteiger partial charge is 0.355 e. The lowest BCUT2D eigenvalue weighted by molar-refractivity contribution is 0.414. The Bertz CT molecular complexity index is 1120. The number of hydrogen-bond acceptors (Lipinski definition) is 10. The predicted octanol–water partition coefficient (Wildman–Crippen LogP) is 3.51. The van der Waals surface area contributed by atoms with Crippen LogP contribution in [0.1, 0.15) is 62.1 Å². The molecule has 3 fully saturated rings. The van der Waals surface area contributed by atoms with Crippen LogP contribution >= 0.6 is 11.3 Å². The molecule has 3 aliphatic rings. The Labute approximate surface area is 210 Å². The van der Waals surface area contributed by atoms with Crippen LogP contribution in [0.2, 0.25) is 0 Å². The molecule has 2 aliphatic heterocycles. The third kappa shape index (κ3) is 5.28. The number of piperidine rings is 1. The van der Waals surface area contributed by atoms with Crippen molar-refractivity contribution in [3.8, 4) is 10.7 Å². The van der Waals surface area contributed by atoms with Gasteiger partial charge in [-0.05, 0) is 63.1 Å². The maximum Gasteiger partial charge on any atom is 0.167 e. The highest BCUT2D eigenvalue weighted by molar-refractivity contribution is 7.14. The molecule has 1 saturated carbocycles. The van der Waals surface area contributed by atoms with Gasteiger partial charge in [0.25, 0.3) is 0 Å². The monoisotopic (exact) mass is 491 g/mol. The van der Waals surface area contributed by atoms with E-state index in [1.165, 1.54) is 45.1 Å². The summed E-state index contributed by atoms with van der Waals surface area (Å²) in [6.45, 7) is 7.41. The molecular weight excluding hydrogens is 458 g/mol. The maximum absolute atomic E-state index is 4.80. The van der Waals surface area contributed by atoms with Gasteiger partial charge in [-0.25, -0.2) is 4.98 Å². The van der Waals surface area contributed by atoms with Gasteiger partial charge in [0, 0.05) is 32.2 Å². The molecule has 1 unspecified atom stereocenters. The summed E-state index contributed by atoms with van der Waals surface area (Å²) in [5.74, 6) is 2.82. The first-order valence-electron chi connectivity index (χ1n) is 13.0. The molecule has 3 aromatic heterocycles. The quantitative estimate of drug-likeness (QED) is 0.508. The number of aromatic nitrogens is 6. The van der Waals surface area contributed by atoms with E-state index in [2.05, 4.69) is 59.6 Å². The van der Waals surface area contributed by atoms with Crippen molar-refractivity contribution in [3.63, 3.8) is 0 Å². The minimum absolute atomic E-state index is 0.0202. The summed E-state index contributed by atoms with van der Waals surface area (Å²) in [6.07, 6.45) is 11.3. The van der Waals surface area contributed by atoms with E-state index in [1.807, 2.05) is 6.20 Å². The summed E-state index contributed by atoms with van der Waals surface area (Å²) in [4.78, 5) is 13.9. The Hall–Kier alpha value is -2.72. The average molecular weight is 492 g/mol. The minimum Gasteiger partial charge on any atom is -0.355 e. The van der Waals surface area contributed by atoms with Crippen molar-refractivity contribution in [2.45, 2.75) is 57.4 Å². The summed E-state index contributed by atoms with van der Waals surface area (Å²) in [5.41, 5.74) is 1.69. The fourth-order valence-corrected chi connectivity index (χ4v) is 5.80. The van der Waals surface area contributed by atoms with Crippen LogP contribution < -0.4 is 15.1 Å². The van der Waals surface area contributed by atoms with E-state index in [4.69, 9.17) is 4.98 Å². The number of hydrogen-bond donors (Lipinski definition) is 1. The minimum atomic E-state index is 0.0202. The van der Waals surface area contributed by atoms with Crippen molar-refractivity contribution in [2.75, 3.05) is 42.5 Å². The summed E-state index contributed by atoms with van der Waals surface area (Å²) in [7, 11) is 0. The van der Waals surface area contributed by atoms with Gasteiger partial charge in [-0.15, -0.1) is 15.3 Å². The van der Waals surface area contributed by atoms with Crippen molar-refractivity contribution >= 4 is 23.0 Å². The van der Waals surface area contributed by atoms with E-state index in [9.17, 15) is 0 Å². The second kappa shape index (κ2) is 10.1. The summed E-state index contributed by atoms with van der Waals surface area (Å²) < 4.78 is 0. The maximum atomic E-state index is 4.80. The molecule has 5 heterocycles. The Morgan fingerprint density at radius 2 is 1.80 bits per heavy atom. The van der Waals surface area contributed by atoms with Gasteiger partial charge in [-0.1, -0.05) is 18.3 Å². The predicted molar refractivity (Wildman–Crippen MR) is 138 cm³/mol. The van der Waals surface area contributed by atoms with Crippen molar-refractivity contribution in [2.24, 2.45) is 5.92 Å². The fraction of sp³-hybridized carbons (Fsp3) is 0.600. The van der Waals surface area contributed by atoms with Crippen LogP contribution in [0.4, 0.5) is 11.6 Å². The lowest BCUT2D eigenvalue weighted by Crippen LogP contribution is -2.46. The smallest absolute Gasteiger partial charge is 0.167 e. The molecule has 0 bridgehead atoms. The standard InChI is InChI=1S/C25H33N9S/c1-17(24-31-32-25(35-24)21-14-26-15-23(28-21)33-10-2-3-11-33)20-8-9-22(30-29-20)34-12-4-5-19(16-34)27-13-18-6-7-18/h8-9,14-15,17-19,27H,2-7,10-13,16H2,1H3/t17?,19-/m1/s1. The molecular formula is C25H33N9S. The molecule has 10 heteroatoms. The van der Waals surface area contributed by atoms with Gasteiger partial charge < -0.3 is 15.1 Å². The van der Waals surface area contributed by atoms with Crippen molar-refractivity contribution in [3.05, 3.63) is 35.2 Å². The lowest BCUT2D eigenvalue weighted by Gasteiger charge is -2.34. The lowest BCUT2D eigenvalue weighted by atomic mass is 10.1. The molecule has 0 aromatic carbocycles. The highest BCUT2D eigenvalue weighted by Crippen LogP contribution is 2.31. The van der Waals surface area contributed by atoms with Crippen LogP contribution in [0.5, 0.6) is 0 Å². The molecule has 0 spiro atoms. The molecule has 2 saturated heterocycles. The molecule has 1 N–H and O–H groups in total. The Morgan fingerprint density at radius 3 is 2.60 bits per heavy atom. The topological polar surface area (TPSA) is 95.8 Å². The zero-order valence-corrected chi connectivity index (χ0v) is 21.1. The molecule has 2 atom stereocenters. The summed E-state index contributed by atoms with van der Waals surface area (Å²) >= 11 is 1.56. The van der Waals surface area contributed by atoms with Gasteiger partial charge in [0.1, 0.15) is 16.5 Å². The van der Waals surface area contributed by atoms with E-state index in [0.29, 0.717) is 6.04 Å². The summed E-state index contributed by atoms with van der Waals surface area (Å²) in [6, 6.07) is 4.75. The molecule has 184 valence electrons. The van der Waals surface area contributed by atoms with Gasteiger partial charge in [0.2, 0.25) is 0 Å². The van der Waals surface area contributed by atoms with Crippen LogP contribution in [0, 0.1) is 5.92 Å². The van der Waals surface area contributed by atoms with E-state index >= 15 is 0 Å². The first-order valence-corrected chi connectivity index (χ1v) is 13.8. The van der Waals surface area contributed by atoms with E-state index in [1.54, 1.807) is 17.5 Å². The second-order valence-electron chi connectivity index (χ2n) is 10.1. The van der Waals surface area contributed by atoms with Crippen LogP contribution in [-0.2, 0) is 0 Å². The van der Waals surface area contributed by atoms with Crippen LogP contribution in [0.3, 0.4) is 0 Å². The average Bonchev–Trinajstić information content (AvgIpc) is 3.35. The Morgan fingerprint density at radius 1 is 0.943 bits per heavy atom. The van der Waals surface area contributed by atoms with Crippen molar-refractivity contribution < 1.29 is 0 Å². The molecule has 1 aliphatic carbocycles. The van der Waals surface area contributed by atoms with Crippen LogP contribution in [0.15, 0.2) is 24.5 Å². The van der Waals surface area contributed by atoms with Gasteiger partial charge in [-0.2, -0.15) is 5.10 Å². The van der Waals surface area contributed by atoms with Crippen molar-refractivity contribution in [1.82, 2.24) is 35.7 Å². The molecule has 9 nitrogen and oxygen atoms in total.